The third-order valence-corrected chi connectivity index (χ3v) is 5.25. The first-order valence-electron chi connectivity index (χ1n) is 9.70. The van der Waals surface area contributed by atoms with Crippen molar-refractivity contribution in [1.82, 2.24) is 19.9 Å². The Bertz CT molecular complexity index is 983. The first-order valence-corrected chi connectivity index (χ1v) is 9.70. The Morgan fingerprint density at radius 3 is 2.71 bits per heavy atom. The van der Waals surface area contributed by atoms with Gasteiger partial charge in [0.05, 0.1) is 0 Å². The molecule has 5 heteroatoms. The van der Waals surface area contributed by atoms with Gasteiger partial charge in [0, 0.05) is 54.4 Å². The van der Waals surface area contributed by atoms with E-state index in [1.165, 1.54) is 19.3 Å². The molecule has 0 atom stereocenters. The average molecular weight is 372 g/mol. The zero-order valence-corrected chi connectivity index (χ0v) is 16.3. The third kappa shape index (κ3) is 3.93. The lowest BCUT2D eigenvalue weighted by molar-refractivity contribution is 0.0785. The van der Waals surface area contributed by atoms with E-state index in [9.17, 15) is 4.79 Å². The van der Waals surface area contributed by atoms with Crippen molar-refractivity contribution in [2.75, 3.05) is 7.05 Å². The molecule has 2 heterocycles. The van der Waals surface area contributed by atoms with E-state index in [-0.39, 0.29) is 5.91 Å². The Kier molecular flexibility index (Phi) is 5.15. The molecule has 1 aromatic carbocycles. The molecule has 2 aromatic heterocycles. The molecule has 0 unspecified atom stereocenters. The van der Waals surface area contributed by atoms with Gasteiger partial charge in [-0.05, 0) is 49.6 Å². The molecule has 0 bridgehead atoms. The lowest BCUT2D eigenvalue weighted by Crippen LogP contribution is -2.26. The normalized spacial score (nSPS) is 13.8. The van der Waals surface area contributed by atoms with Gasteiger partial charge in [-0.25, -0.2) is 9.97 Å². The number of hydrogen-bond donors (Lipinski definition) is 0. The Morgan fingerprint density at radius 1 is 1.14 bits per heavy atom. The monoisotopic (exact) mass is 372 g/mol. The highest BCUT2D eigenvalue weighted by Gasteiger charge is 2.22. The molecule has 0 spiro atoms. The predicted molar refractivity (Wildman–Crippen MR) is 109 cm³/mol. The van der Waals surface area contributed by atoms with Crippen LogP contribution in [0.25, 0.3) is 11.4 Å². The van der Waals surface area contributed by atoms with Crippen LogP contribution in [0.15, 0.2) is 54.9 Å². The van der Waals surface area contributed by atoms with Crippen molar-refractivity contribution in [2.24, 2.45) is 0 Å². The fourth-order valence-corrected chi connectivity index (χ4v) is 3.48. The zero-order valence-electron chi connectivity index (χ0n) is 16.3. The molecule has 28 heavy (non-hydrogen) atoms. The molecule has 3 aromatic rings. The van der Waals surface area contributed by atoms with Gasteiger partial charge in [-0.2, -0.15) is 0 Å². The number of rotatable bonds is 5. The number of benzene rings is 1. The van der Waals surface area contributed by atoms with Crippen LogP contribution in [-0.2, 0) is 6.54 Å². The van der Waals surface area contributed by atoms with Gasteiger partial charge in [-0.1, -0.05) is 24.6 Å². The van der Waals surface area contributed by atoms with Gasteiger partial charge in [0.25, 0.3) is 5.91 Å². The van der Waals surface area contributed by atoms with E-state index in [0.717, 1.165) is 22.5 Å². The van der Waals surface area contributed by atoms with Gasteiger partial charge in [0.15, 0.2) is 5.82 Å². The molecule has 0 N–H and O–H groups in total. The Labute approximate surface area is 165 Å². The fourth-order valence-electron chi connectivity index (χ4n) is 3.48. The molecule has 1 aliphatic carbocycles. The van der Waals surface area contributed by atoms with Crippen molar-refractivity contribution in [3.8, 4) is 11.4 Å². The van der Waals surface area contributed by atoms with Crippen LogP contribution in [0.3, 0.4) is 0 Å². The Balaban J connectivity index is 1.57. The molecule has 1 aliphatic rings. The fraction of sp³-hybridized carbons (Fsp3) is 0.304. The van der Waals surface area contributed by atoms with Gasteiger partial charge >= 0.3 is 0 Å². The number of aromatic nitrogens is 3. The molecule has 142 valence electrons. The van der Waals surface area contributed by atoms with Gasteiger partial charge in [0.1, 0.15) is 0 Å². The van der Waals surface area contributed by atoms with Crippen molar-refractivity contribution in [1.29, 1.82) is 0 Å². The second-order valence-electron chi connectivity index (χ2n) is 7.49. The largest absolute Gasteiger partial charge is 0.337 e. The third-order valence-electron chi connectivity index (χ3n) is 5.25. The summed E-state index contributed by atoms with van der Waals surface area (Å²) in [5.41, 5.74) is 4.61. The Hall–Kier alpha value is -3.08. The quantitative estimate of drug-likeness (QED) is 0.667. The number of carbonyl (C=O) groups excluding carboxylic acids is 1. The van der Waals surface area contributed by atoms with Crippen LogP contribution in [0.4, 0.5) is 0 Å². The molecule has 0 saturated heterocycles. The van der Waals surface area contributed by atoms with E-state index < -0.39 is 0 Å². The van der Waals surface area contributed by atoms with E-state index >= 15 is 0 Å². The highest BCUT2D eigenvalue weighted by atomic mass is 16.2. The highest BCUT2D eigenvalue weighted by molar-refractivity contribution is 5.95. The minimum absolute atomic E-state index is 0.0300. The van der Waals surface area contributed by atoms with Crippen molar-refractivity contribution in [2.45, 2.75) is 38.6 Å². The molecule has 5 nitrogen and oxygen atoms in total. The second-order valence-corrected chi connectivity index (χ2v) is 7.49. The summed E-state index contributed by atoms with van der Waals surface area (Å²) >= 11 is 0. The summed E-state index contributed by atoms with van der Waals surface area (Å²) in [5, 5.41) is 0. The van der Waals surface area contributed by atoms with Gasteiger partial charge in [-0.3, -0.25) is 9.78 Å². The number of pyridine rings is 1. The molecule has 0 aliphatic heterocycles. The smallest absolute Gasteiger partial charge is 0.253 e. The molecule has 1 fully saturated rings. The molecule has 1 saturated carbocycles. The van der Waals surface area contributed by atoms with E-state index in [4.69, 9.17) is 4.98 Å². The minimum atomic E-state index is -0.0300. The lowest BCUT2D eigenvalue weighted by Gasteiger charge is -2.25. The van der Waals surface area contributed by atoms with Crippen LogP contribution >= 0.6 is 0 Å². The maximum absolute atomic E-state index is 12.9. The summed E-state index contributed by atoms with van der Waals surface area (Å²) < 4.78 is 0. The topological polar surface area (TPSA) is 59.0 Å². The van der Waals surface area contributed by atoms with Crippen LogP contribution < -0.4 is 0 Å². The van der Waals surface area contributed by atoms with Crippen LogP contribution in [0, 0.1) is 6.92 Å². The van der Waals surface area contributed by atoms with Crippen molar-refractivity contribution in [3.63, 3.8) is 0 Å². The zero-order chi connectivity index (χ0) is 19.5. The number of hydrogen-bond acceptors (Lipinski definition) is 4. The molecular formula is C23H24N4O. The van der Waals surface area contributed by atoms with E-state index in [1.807, 2.05) is 43.3 Å². The first kappa shape index (κ1) is 18.3. The van der Waals surface area contributed by atoms with Gasteiger partial charge in [-0.15, -0.1) is 0 Å². The van der Waals surface area contributed by atoms with E-state index in [0.29, 0.717) is 23.9 Å². The summed E-state index contributed by atoms with van der Waals surface area (Å²) in [6, 6.07) is 13.5. The summed E-state index contributed by atoms with van der Waals surface area (Å²) in [7, 11) is 1.81. The van der Waals surface area contributed by atoms with Gasteiger partial charge in [0.2, 0.25) is 0 Å². The van der Waals surface area contributed by atoms with Crippen LogP contribution in [0.5, 0.6) is 0 Å². The maximum Gasteiger partial charge on any atom is 0.253 e. The number of aryl methyl sites for hydroxylation is 1. The number of nitrogens with zero attached hydrogens (tertiary/aromatic N) is 4. The highest BCUT2D eigenvalue weighted by Crippen LogP contribution is 2.36. The van der Waals surface area contributed by atoms with Crippen molar-refractivity contribution >= 4 is 5.91 Å². The van der Waals surface area contributed by atoms with Gasteiger partial charge < -0.3 is 4.90 Å². The number of amides is 1. The minimum Gasteiger partial charge on any atom is -0.337 e. The first-order chi connectivity index (χ1) is 13.6. The molecule has 0 radical (unpaired) electrons. The number of carbonyl (C=O) groups is 1. The molecule has 4 rings (SSSR count). The van der Waals surface area contributed by atoms with Crippen molar-refractivity contribution < 1.29 is 4.79 Å². The summed E-state index contributed by atoms with van der Waals surface area (Å²) in [6.45, 7) is 2.52. The Morgan fingerprint density at radius 2 is 2.00 bits per heavy atom. The lowest BCUT2D eigenvalue weighted by atomic mass is 9.82. The van der Waals surface area contributed by atoms with Crippen molar-refractivity contribution in [3.05, 3.63) is 77.4 Å². The SMILES string of the molecule is Cc1cc(C2CCC2)nc(-c2cccc(C(=O)N(C)Cc3cccnc3)c2)n1. The van der Waals surface area contributed by atoms with E-state index in [2.05, 4.69) is 16.0 Å². The van der Waals surface area contributed by atoms with Crippen LogP contribution in [0.1, 0.15) is 52.5 Å². The maximum atomic E-state index is 12.9. The van der Waals surface area contributed by atoms with Crippen LogP contribution in [0.2, 0.25) is 0 Å². The van der Waals surface area contributed by atoms with Crippen LogP contribution in [-0.4, -0.2) is 32.8 Å². The summed E-state index contributed by atoms with van der Waals surface area (Å²) in [4.78, 5) is 28.1. The summed E-state index contributed by atoms with van der Waals surface area (Å²) in [5.74, 6) is 1.22. The predicted octanol–water partition coefficient (Wildman–Crippen LogP) is 4.39. The molecular weight excluding hydrogens is 348 g/mol. The van der Waals surface area contributed by atoms with E-state index in [1.54, 1.807) is 24.3 Å². The molecule has 1 amide bonds. The second kappa shape index (κ2) is 7.89. The summed E-state index contributed by atoms with van der Waals surface area (Å²) in [6.07, 6.45) is 7.19. The standard InChI is InChI=1S/C23H24N4O/c1-16-12-21(18-7-3-8-18)26-22(25-16)19-9-4-10-20(13-19)23(28)27(2)15-17-6-5-11-24-14-17/h4-6,9-14,18H,3,7-8,15H2,1-2H3. The average Bonchev–Trinajstić information content (AvgIpc) is 2.66.